The first kappa shape index (κ1) is 64.1. The Hall–Kier alpha value is -2.89. The highest BCUT2D eigenvalue weighted by Gasteiger charge is 2.44. The van der Waals surface area contributed by atoms with Gasteiger partial charge in [-0.2, -0.15) is 0 Å². The lowest BCUT2D eigenvalue weighted by Gasteiger charge is -2.40. The van der Waals surface area contributed by atoms with Crippen molar-refractivity contribution in [1.82, 2.24) is 5.32 Å². The molecule has 0 aromatic carbocycles. The summed E-state index contributed by atoms with van der Waals surface area (Å²) in [5.74, 6) is -0.204. The first-order valence-corrected chi connectivity index (χ1v) is 28.0. The topological polar surface area (TPSA) is 149 Å². The molecule has 0 saturated carbocycles. The Labute approximate surface area is 422 Å². The van der Waals surface area contributed by atoms with Crippen molar-refractivity contribution in [3.63, 3.8) is 0 Å². The van der Waals surface area contributed by atoms with Crippen LogP contribution < -0.4 is 5.32 Å². The van der Waals surface area contributed by atoms with E-state index in [9.17, 15) is 30.3 Å². The van der Waals surface area contributed by atoms with Gasteiger partial charge in [0.2, 0.25) is 5.91 Å². The Morgan fingerprint density at radius 2 is 0.913 bits per heavy atom. The molecule has 0 radical (unpaired) electrons. The maximum Gasteiger partial charge on any atom is 0.220 e. The van der Waals surface area contributed by atoms with Crippen LogP contribution in [0, 0.1) is 0 Å². The van der Waals surface area contributed by atoms with Crippen molar-refractivity contribution in [2.45, 2.75) is 262 Å². The number of allylic oxidation sites excluding steroid dienone is 15. The van der Waals surface area contributed by atoms with Crippen molar-refractivity contribution in [1.29, 1.82) is 0 Å². The molecule has 1 amide bonds. The number of amides is 1. The number of nitrogens with one attached hydrogen (secondary N) is 1. The van der Waals surface area contributed by atoms with Crippen molar-refractivity contribution in [3.8, 4) is 0 Å². The summed E-state index contributed by atoms with van der Waals surface area (Å²) in [6.07, 6.45) is 63.2. The van der Waals surface area contributed by atoms with Crippen LogP contribution in [0.25, 0.3) is 0 Å². The molecule has 7 unspecified atom stereocenters. The molecule has 1 saturated heterocycles. The van der Waals surface area contributed by atoms with Crippen molar-refractivity contribution in [2.75, 3.05) is 13.2 Å². The summed E-state index contributed by atoms with van der Waals surface area (Å²) in [5.41, 5.74) is 0. The molecule has 9 nitrogen and oxygen atoms in total. The van der Waals surface area contributed by atoms with E-state index in [1.165, 1.54) is 96.3 Å². The average molecular weight is 966 g/mol. The van der Waals surface area contributed by atoms with Gasteiger partial charge in [-0.15, -0.1) is 0 Å². The van der Waals surface area contributed by atoms with Gasteiger partial charge < -0.3 is 40.3 Å². The van der Waals surface area contributed by atoms with E-state index >= 15 is 0 Å². The molecule has 6 N–H and O–H groups in total. The fourth-order valence-electron chi connectivity index (χ4n) is 8.23. The first-order valence-electron chi connectivity index (χ1n) is 28.0. The van der Waals surface area contributed by atoms with Gasteiger partial charge in [-0.25, -0.2) is 0 Å². The van der Waals surface area contributed by atoms with Crippen molar-refractivity contribution in [2.24, 2.45) is 0 Å². The molecule has 69 heavy (non-hydrogen) atoms. The predicted molar refractivity (Wildman–Crippen MR) is 290 cm³/mol. The quantitative estimate of drug-likeness (QED) is 0.0261. The zero-order valence-corrected chi connectivity index (χ0v) is 43.8. The second-order valence-electron chi connectivity index (χ2n) is 19.0. The molecule has 7 atom stereocenters. The molecule has 1 aliphatic rings. The normalized spacial score (nSPS) is 20.2. The Kier molecular flexibility index (Phi) is 45.3. The SMILES string of the molecule is CC/C=C\C/C=C\C/C=C\C/C=C\C/C=C\C/C=C\CCCCCCCCC(=O)NC(COC1OC(CO)C(O)C(O)C1O)C(O)/C=C/CC/C=C/CCCCCCCCCCCCCCCCC. The molecule has 1 heterocycles. The van der Waals surface area contributed by atoms with E-state index in [2.05, 4.69) is 104 Å². The van der Waals surface area contributed by atoms with Gasteiger partial charge in [0.05, 0.1) is 25.4 Å². The lowest BCUT2D eigenvalue weighted by atomic mass is 9.99. The van der Waals surface area contributed by atoms with Crippen LogP contribution in [0.15, 0.2) is 97.2 Å². The number of carbonyl (C=O) groups excluding carboxylic acids is 1. The van der Waals surface area contributed by atoms with Gasteiger partial charge in [-0.1, -0.05) is 227 Å². The van der Waals surface area contributed by atoms with Crippen LogP contribution in [0.3, 0.4) is 0 Å². The molecule has 9 heteroatoms. The molecule has 0 aliphatic carbocycles. The highest BCUT2D eigenvalue weighted by Crippen LogP contribution is 2.23. The smallest absolute Gasteiger partial charge is 0.220 e. The molecule has 0 aromatic heterocycles. The fourth-order valence-corrected chi connectivity index (χ4v) is 8.23. The Balaban J connectivity index is 2.30. The molecule has 0 bridgehead atoms. The number of hydrogen-bond acceptors (Lipinski definition) is 8. The van der Waals surface area contributed by atoms with Gasteiger partial charge in [-0.05, 0) is 83.5 Å². The third-order valence-electron chi connectivity index (χ3n) is 12.6. The summed E-state index contributed by atoms with van der Waals surface area (Å²) in [5, 5.41) is 54.5. The number of carbonyl (C=O) groups is 1. The van der Waals surface area contributed by atoms with E-state index in [4.69, 9.17) is 9.47 Å². The highest BCUT2D eigenvalue weighted by molar-refractivity contribution is 5.76. The van der Waals surface area contributed by atoms with Gasteiger partial charge in [0, 0.05) is 6.42 Å². The molecule has 0 aromatic rings. The van der Waals surface area contributed by atoms with Crippen LogP contribution in [0.1, 0.15) is 219 Å². The first-order chi connectivity index (χ1) is 33.8. The van der Waals surface area contributed by atoms with E-state index in [1.54, 1.807) is 6.08 Å². The summed E-state index contributed by atoms with van der Waals surface area (Å²) < 4.78 is 11.2. The summed E-state index contributed by atoms with van der Waals surface area (Å²) in [6, 6.07) is -0.837. The third-order valence-corrected chi connectivity index (χ3v) is 12.6. The monoisotopic (exact) mass is 966 g/mol. The van der Waals surface area contributed by atoms with Crippen LogP contribution in [-0.2, 0) is 14.3 Å². The average Bonchev–Trinajstić information content (AvgIpc) is 3.35. The van der Waals surface area contributed by atoms with Crippen LogP contribution in [0.5, 0.6) is 0 Å². The van der Waals surface area contributed by atoms with Gasteiger partial charge in [-0.3, -0.25) is 4.79 Å². The number of ether oxygens (including phenoxy) is 2. The van der Waals surface area contributed by atoms with Crippen LogP contribution in [0.2, 0.25) is 0 Å². The maximum atomic E-state index is 13.0. The minimum Gasteiger partial charge on any atom is -0.394 e. The van der Waals surface area contributed by atoms with Crippen molar-refractivity contribution in [3.05, 3.63) is 97.2 Å². The van der Waals surface area contributed by atoms with E-state index in [0.717, 1.165) is 103 Å². The number of unbranched alkanes of at least 4 members (excludes halogenated alkanes) is 22. The second kappa shape index (κ2) is 48.7. The van der Waals surface area contributed by atoms with E-state index in [-0.39, 0.29) is 12.5 Å². The second-order valence-corrected chi connectivity index (χ2v) is 19.0. The van der Waals surface area contributed by atoms with Gasteiger partial charge in [0.25, 0.3) is 0 Å². The molecule has 396 valence electrons. The summed E-state index contributed by atoms with van der Waals surface area (Å²) in [6.45, 7) is 3.64. The largest absolute Gasteiger partial charge is 0.394 e. The highest BCUT2D eigenvalue weighted by atomic mass is 16.7. The van der Waals surface area contributed by atoms with Crippen molar-refractivity contribution < 1.29 is 39.8 Å². The van der Waals surface area contributed by atoms with E-state index in [0.29, 0.717) is 6.42 Å². The molecular weight excluding hydrogens is 863 g/mol. The van der Waals surface area contributed by atoms with Crippen LogP contribution in [-0.4, -0.2) is 87.5 Å². The van der Waals surface area contributed by atoms with Gasteiger partial charge in [0.1, 0.15) is 24.4 Å². The Morgan fingerprint density at radius 3 is 1.39 bits per heavy atom. The molecule has 1 aliphatic heterocycles. The lowest BCUT2D eigenvalue weighted by molar-refractivity contribution is -0.302. The predicted octanol–water partition coefficient (Wildman–Crippen LogP) is 13.6. The standard InChI is InChI=1S/C60H103NO8/c1-3-5-7-9-11-13-15-17-19-21-23-25-26-27-28-30-32-34-36-38-40-42-44-46-48-50-56(64)61-53(52-68-60-59(67)58(66)57(65)55(51-62)69-60)54(63)49-47-45-43-41-39-37-35-33-31-29-24-22-20-18-16-14-12-10-8-6-4-2/h5,7,11,13,17,19,23,25,27-28,32,34,39,41,47,49,53-55,57-60,62-63,65-67H,3-4,6,8-10,12,14-16,18,20-22,24,26,29-31,33,35-38,40,42-46,48,50-52H2,1-2H3,(H,61,64)/b7-5-,13-11-,19-17-,25-23-,28-27-,34-32-,41-39+,49-47+. The fraction of sp³-hybridized carbons (Fsp3) is 0.717. The van der Waals surface area contributed by atoms with E-state index < -0.39 is 49.5 Å². The van der Waals surface area contributed by atoms with E-state index in [1.807, 2.05) is 6.08 Å². The van der Waals surface area contributed by atoms with Crippen LogP contribution in [0.4, 0.5) is 0 Å². The summed E-state index contributed by atoms with van der Waals surface area (Å²) in [4.78, 5) is 13.0. The minimum absolute atomic E-state index is 0.204. The lowest BCUT2D eigenvalue weighted by Crippen LogP contribution is -2.60. The van der Waals surface area contributed by atoms with Crippen molar-refractivity contribution >= 4 is 5.91 Å². The summed E-state index contributed by atoms with van der Waals surface area (Å²) in [7, 11) is 0. The van der Waals surface area contributed by atoms with Gasteiger partial charge >= 0.3 is 0 Å². The number of aliphatic hydroxyl groups is 5. The Bertz CT molecular complexity index is 1400. The maximum absolute atomic E-state index is 13.0. The Morgan fingerprint density at radius 1 is 0.507 bits per heavy atom. The number of hydrogen-bond donors (Lipinski definition) is 6. The zero-order chi connectivity index (χ0) is 50.1. The zero-order valence-electron chi connectivity index (χ0n) is 43.8. The van der Waals surface area contributed by atoms with Crippen LogP contribution >= 0.6 is 0 Å². The third kappa shape index (κ3) is 38.5. The molecular formula is C60H103NO8. The number of aliphatic hydroxyl groups excluding tert-OH is 5. The number of rotatable bonds is 46. The molecule has 1 fully saturated rings. The molecule has 1 rings (SSSR count). The minimum atomic E-state index is -1.58. The summed E-state index contributed by atoms with van der Waals surface area (Å²) >= 11 is 0. The molecule has 0 spiro atoms. The van der Waals surface area contributed by atoms with Gasteiger partial charge in [0.15, 0.2) is 6.29 Å².